The van der Waals surface area contributed by atoms with Crippen LogP contribution in [0.5, 0.6) is 0 Å². The van der Waals surface area contributed by atoms with E-state index in [1.807, 2.05) is 12.1 Å². The van der Waals surface area contributed by atoms with E-state index in [0.717, 1.165) is 12.8 Å². The second-order valence-electron chi connectivity index (χ2n) is 5.07. The second-order valence-corrected chi connectivity index (χ2v) is 7.49. The Kier molecular flexibility index (Phi) is 4.99. The maximum Gasteiger partial charge on any atom is 0.137 e. The third-order valence-electron chi connectivity index (χ3n) is 2.50. The predicted octanol–water partition coefficient (Wildman–Crippen LogP) is 5.33. The molecule has 0 saturated carbocycles. The predicted molar refractivity (Wildman–Crippen MR) is 74.6 cm³/mol. The summed E-state index contributed by atoms with van der Waals surface area (Å²) in [4.78, 5) is 0.506. The maximum absolute atomic E-state index is 13.1. The number of hydrogen-bond acceptors (Lipinski definition) is 0. The summed E-state index contributed by atoms with van der Waals surface area (Å²) in [6.45, 7) is 6.63. The normalized spacial score (nSPS) is 13.9. The van der Waals surface area contributed by atoms with E-state index >= 15 is 0 Å². The quantitative estimate of drug-likeness (QED) is 0.643. The van der Waals surface area contributed by atoms with Crippen molar-refractivity contribution in [2.24, 2.45) is 5.41 Å². The maximum atomic E-state index is 13.1. The number of alkyl halides is 1. The lowest BCUT2D eigenvalue weighted by atomic mass is 9.82. The molecule has 3 heteroatoms. The Balaban J connectivity index is 2.76. The summed E-state index contributed by atoms with van der Waals surface area (Å²) in [6, 6.07) is 5.25. The van der Waals surface area contributed by atoms with Crippen molar-refractivity contribution < 1.29 is 4.39 Å². The van der Waals surface area contributed by atoms with Crippen LogP contribution in [0, 0.1) is 11.2 Å². The van der Waals surface area contributed by atoms with Crippen molar-refractivity contribution in [1.82, 2.24) is 0 Å². The topological polar surface area (TPSA) is 0 Å². The summed E-state index contributed by atoms with van der Waals surface area (Å²) in [6.07, 6.45) is 2.06. The van der Waals surface area contributed by atoms with Gasteiger partial charge in [0.05, 0.1) is 4.47 Å². The van der Waals surface area contributed by atoms with Crippen LogP contribution in [-0.2, 0) is 6.42 Å². The molecule has 0 amide bonds. The Bertz CT molecular complexity index is 359. The fourth-order valence-electron chi connectivity index (χ4n) is 2.04. The molecule has 1 aromatic carbocycles. The van der Waals surface area contributed by atoms with Gasteiger partial charge in [0, 0.05) is 4.83 Å². The molecule has 0 heterocycles. The van der Waals surface area contributed by atoms with E-state index in [1.165, 1.54) is 11.6 Å². The van der Waals surface area contributed by atoms with Gasteiger partial charge in [-0.25, -0.2) is 4.39 Å². The van der Waals surface area contributed by atoms with Gasteiger partial charge in [0.2, 0.25) is 0 Å². The van der Waals surface area contributed by atoms with Gasteiger partial charge in [-0.15, -0.1) is 0 Å². The van der Waals surface area contributed by atoms with Crippen molar-refractivity contribution in [3.05, 3.63) is 34.1 Å². The lowest BCUT2D eigenvalue weighted by Gasteiger charge is -2.26. The van der Waals surface area contributed by atoms with Crippen molar-refractivity contribution in [2.45, 2.75) is 38.4 Å². The lowest BCUT2D eigenvalue weighted by Crippen LogP contribution is -2.18. The minimum Gasteiger partial charge on any atom is -0.206 e. The third kappa shape index (κ3) is 4.54. The van der Waals surface area contributed by atoms with Gasteiger partial charge in [-0.3, -0.25) is 0 Å². The first kappa shape index (κ1) is 14.2. The number of hydrogen-bond donors (Lipinski definition) is 0. The minimum atomic E-state index is -0.199. The van der Waals surface area contributed by atoms with Crippen molar-refractivity contribution in [1.29, 1.82) is 0 Å². The van der Waals surface area contributed by atoms with E-state index in [9.17, 15) is 4.39 Å². The fraction of sp³-hybridized carbons (Fsp3) is 0.538. The highest BCUT2D eigenvalue weighted by molar-refractivity contribution is 9.10. The largest absolute Gasteiger partial charge is 0.206 e. The van der Waals surface area contributed by atoms with Gasteiger partial charge in [-0.2, -0.15) is 0 Å². The molecule has 0 spiro atoms. The molecule has 0 aliphatic rings. The van der Waals surface area contributed by atoms with Crippen molar-refractivity contribution in [3.8, 4) is 0 Å². The molecule has 1 rings (SSSR count). The summed E-state index contributed by atoms with van der Waals surface area (Å²) in [5, 5.41) is 0. The first-order chi connectivity index (χ1) is 7.30. The van der Waals surface area contributed by atoms with Gasteiger partial charge in [-0.05, 0) is 51.9 Å². The average Bonchev–Trinajstić information content (AvgIpc) is 2.08. The number of halogens is 3. The molecule has 16 heavy (non-hydrogen) atoms. The molecular formula is C13H17Br2F. The van der Waals surface area contributed by atoms with E-state index in [4.69, 9.17) is 0 Å². The molecule has 0 fully saturated rings. The van der Waals surface area contributed by atoms with Gasteiger partial charge in [0.25, 0.3) is 0 Å². The summed E-state index contributed by atoms with van der Waals surface area (Å²) >= 11 is 6.80. The molecule has 0 aliphatic heterocycles. The Labute approximate surface area is 114 Å². The highest BCUT2D eigenvalue weighted by atomic mass is 79.9. The van der Waals surface area contributed by atoms with Crippen molar-refractivity contribution in [3.63, 3.8) is 0 Å². The molecule has 1 aromatic rings. The van der Waals surface area contributed by atoms with Gasteiger partial charge >= 0.3 is 0 Å². The molecule has 0 aliphatic carbocycles. The van der Waals surface area contributed by atoms with Crippen LogP contribution in [-0.4, -0.2) is 4.83 Å². The molecular weight excluding hydrogens is 335 g/mol. The summed E-state index contributed by atoms with van der Waals surface area (Å²) in [7, 11) is 0. The molecule has 0 radical (unpaired) electrons. The lowest BCUT2D eigenvalue weighted by molar-refractivity contribution is 0.335. The van der Waals surface area contributed by atoms with E-state index < -0.39 is 0 Å². The zero-order chi connectivity index (χ0) is 12.3. The van der Waals surface area contributed by atoms with Gasteiger partial charge < -0.3 is 0 Å². The van der Waals surface area contributed by atoms with E-state index in [2.05, 4.69) is 52.6 Å². The van der Waals surface area contributed by atoms with Crippen LogP contribution in [0.15, 0.2) is 22.7 Å². The van der Waals surface area contributed by atoms with Crippen LogP contribution < -0.4 is 0 Å². The summed E-state index contributed by atoms with van der Waals surface area (Å²) < 4.78 is 13.6. The minimum absolute atomic E-state index is 0.199. The fourth-order valence-corrected chi connectivity index (χ4v) is 3.34. The third-order valence-corrected chi connectivity index (χ3v) is 3.43. The Hall–Kier alpha value is 0.110. The molecule has 1 atom stereocenters. The molecule has 0 bridgehead atoms. The van der Waals surface area contributed by atoms with Crippen molar-refractivity contribution >= 4 is 31.9 Å². The molecule has 0 saturated heterocycles. The standard InChI is InChI=1S/C13H17Br2F/c1-9(14)7-13(2,3)8-10-4-5-12(16)11(15)6-10/h4-6,9H,7-8H2,1-3H3. The van der Waals surface area contributed by atoms with Gasteiger partial charge in [0.15, 0.2) is 0 Å². The highest BCUT2D eigenvalue weighted by Crippen LogP contribution is 2.30. The van der Waals surface area contributed by atoms with Crippen molar-refractivity contribution in [2.75, 3.05) is 0 Å². The molecule has 0 nitrogen and oxygen atoms in total. The first-order valence-corrected chi connectivity index (χ1v) is 7.09. The van der Waals surface area contributed by atoms with Gasteiger partial charge in [0.1, 0.15) is 5.82 Å². The van der Waals surface area contributed by atoms with E-state index in [1.54, 1.807) is 0 Å². The van der Waals surface area contributed by atoms with Gasteiger partial charge in [-0.1, -0.05) is 42.8 Å². The smallest absolute Gasteiger partial charge is 0.137 e. The Morgan fingerprint density at radius 1 is 1.38 bits per heavy atom. The Morgan fingerprint density at radius 2 is 2.00 bits per heavy atom. The van der Waals surface area contributed by atoms with Crippen LogP contribution >= 0.6 is 31.9 Å². The van der Waals surface area contributed by atoms with Crippen LogP contribution in [0.25, 0.3) is 0 Å². The van der Waals surface area contributed by atoms with E-state index in [-0.39, 0.29) is 11.2 Å². The summed E-state index contributed by atoms with van der Waals surface area (Å²) in [5.41, 5.74) is 1.40. The Morgan fingerprint density at radius 3 is 2.50 bits per heavy atom. The first-order valence-electron chi connectivity index (χ1n) is 5.38. The van der Waals surface area contributed by atoms with E-state index in [0.29, 0.717) is 9.30 Å². The SMILES string of the molecule is CC(Br)CC(C)(C)Cc1ccc(F)c(Br)c1. The number of rotatable bonds is 4. The number of benzene rings is 1. The molecule has 0 aromatic heterocycles. The van der Waals surface area contributed by atoms with Crippen LogP contribution in [0.4, 0.5) is 4.39 Å². The summed E-state index contributed by atoms with van der Waals surface area (Å²) in [5.74, 6) is -0.199. The monoisotopic (exact) mass is 350 g/mol. The second kappa shape index (κ2) is 5.63. The molecule has 0 N–H and O–H groups in total. The highest BCUT2D eigenvalue weighted by Gasteiger charge is 2.20. The zero-order valence-electron chi connectivity index (χ0n) is 9.86. The van der Waals surface area contributed by atoms with Crippen LogP contribution in [0.2, 0.25) is 0 Å². The van der Waals surface area contributed by atoms with Crippen LogP contribution in [0.1, 0.15) is 32.8 Å². The molecule has 90 valence electrons. The van der Waals surface area contributed by atoms with Crippen LogP contribution in [0.3, 0.4) is 0 Å². The average molecular weight is 352 g/mol. The molecule has 1 unspecified atom stereocenters. The zero-order valence-corrected chi connectivity index (χ0v) is 13.0.